The number of benzene rings is 2. The average Bonchev–Trinajstić information content (AvgIpc) is 3.73. The number of carbonyl (C=O) groups is 2. The van der Waals surface area contributed by atoms with E-state index >= 15 is 13.0 Å². The molecule has 6 heterocycles. The van der Waals surface area contributed by atoms with Crippen molar-refractivity contribution in [3.8, 4) is 17.1 Å². The number of nitrogens with zero attached hydrogens (tertiary/aromatic N) is 5. The summed E-state index contributed by atoms with van der Waals surface area (Å²) in [7, 11) is 1.45. The summed E-state index contributed by atoms with van der Waals surface area (Å²) in [4.78, 5) is 72.1. The maximum Gasteiger partial charge on any atom is 0.529 e. The Balaban J connectivity index is 0.756. The molecule has 4 aromatic heterocycles. The molecule has 3 aliphatic rings. The topological polar surface area (TPSA) is 205 Å². The molecule has 2 aromatic carbocycles. The molecule has 360 valence electrons. The number of hydrogen-bond acceptors (Lipinski definition) is 10. The van der Waals surface area contributed by atoms with Crippen LogP contribution in [0, 0.1) is 16.3 Å². The fourth-order valence-electron chi connectivity index (χ4n) is 9.03. The molecule has 69 heavy (non-hydrogen) atoms. The summed E-state index contributed by atoms with van der Waals surface area (Å²) in [5.41, 5.74) is 6.74. The van der Waals surface area contributed by atoms with Gasteiger partial charge >= 0.3 is 12.7 Å². The zero-order chi connectivity index (χ0) is 48.7. The number of nitrogens with one attached hydrogen (secondary N) is 4. The van der Waals surface area contributed by atoms with Crippen LogP contribution in [0.3, 0.4) is 0 Å². The lowest BCUT2D eigenvalue weighted by molar-refractivity contribution is -0.121. The number of rotatable bonds is 18. The summed E-state index contributed by atoms with van der Waals surface area (Å²) in [5, 5.41) is 8.48. The van der Waals surface area contributed by atoms with E-state index in [1.165, 1.54) is 35.2 Å². The van der Waals surface area contributed by atoms with Crippen LogP contribution in [0.5, 0.6) is 0 Å². The number of aryl methyl sites for hydroxylation is 1. The minimum Gasteiger partial charge on any atom is -0.464 e. The highest BCUT2D eigenvalue weighted by molar-refractivity contribution is 14.1. The lowest BCUT2D eigenvalue weighted by Crippen LogP contribution is -2.56. The Morgan fingerprint density at radius 3 is 2.48 bits per heavy atom. The van der Waals surface area contributed by atoms with Crippen LogP contribution in [0.25, 0.3) is 34.1 Å². The smallest absolute Gasteiger partial charge is 0.464 e. The van der Waals surface area contributed by atoms with Gasteiger partial charge in [0.25, 0.3) is 11.1 Å². The number of allylic oxidation sites excluding steroid dienone is 1. The summed E-state index contributed by atoms with van der Waals surface area (Å²) >= 11 is 1.97. The fraction of sp³-hybridized carbons (Fsp3) is 0.298. The molecule has 1 saturated carbocycles. The molecule has 2 amide bonds. The Morgan fingerprint density at radius 2 is 1.74 bits per heavy atom. The number of aromatic nitrogens is 5. The van der Waals surface area contributed by atoms with Gasteiger partial charge in [0.1, 0.15) is 17.0 Å². The van der Waals surface area contributed by atoms with Gasteiger partial charge in [-0.25, -0.2) is 9.18 Å². The molecule has 0 bridgehead atoms. The molecular weight excluding hydrogens is 1010 g/mol. The number of hydrogen-bond donors (Lipinski definition) is 5. The third-order valence-electron chi connectivity index (χ3n) is 12.5. The zero-order valence-corrected chi connectivity index (χ0v) is 39.7. The molecule has 1 fully saturated rings. The first-order chi connectivity index (χ1) is 33.1. The van der Waals surface area contributed by atoms with Crippen LogP contribution in [0.1, 0.15) is 43.0 Å². The molecular formula is C47H48BF3IN10O7-. The van der Waals surface area contributed by atoms with Crippen LogP contribution in [-0.2, 0) is 26.1 Å². The van der Waals surface area contributed by atoms with Crippen molar-refractivity contribution in [1.29, 1.82) is 0 Å². The van der Waals surface area contributed by atoms with Gasteiger partial charge in [0, 0.05) is 70.2 Å². The minimum atomic E-state index is -4.17. The van der Waals surface area contributed by atoms with Crippen LogP contribution in [0.2, 0.25) is 0 Å². The highest BCUT2D eigenvalue weighted by Gasteiger charge is 2.45. The summed E-state index contributed by atoms with van der Waals surface area (Å²) in [6.07, 6.45) is 7.39. The summed E-state index contributed by atoms with van der Waals surface area (Å²) in [6, 6.07) is 16.0. The third kappa shape index (κ3) is 9.32. The normalized spacial score (nSPS) is 17.7. The predicted molar refractivity (Wildman–Crippen MR) is 265 cm³/mol. The Labute approximate surface area is 406 Å². The van der Waals surface area contributed by atoms with Gasteiger partial charge in [-0.05, 0) is 115 Å². The summed E-state index contributed by atoms with van der Waals surface area (Å²) in [6.45, 7) is -1.85. The lowest BCUT2D eigenvalue weighted by Gasteiger charge is -2.47. The van der Waals surface area contributed by atoms with Gasteiger partial charge in [-0.15, -0.1) is 0 Å². The second-order valence-corrected chi connectivity index (χ2v) is 18.4. The number of ether oxygens (including phenoxy) is 2. The molecule has 0 saturated heterocycles. The van der Waals surface area contributed by atoms with Gasteiger partial charge in [-0.3, -0.25) is 32.9 Å². The van der Waals surface area contributed by atoms with Crippen LogP contribution >= 0.6 is 22.6 Å². The molecule has 6 aromatic rings. The fourth-order valence-corrected chi connectivity index (χ4v) is 9.49. The van der Waals surface area contributed by atoms with Crippen LogP contribution in [-0.4, -0.2) is 91.8 Å². The second-order valence-electron chi connectivity index (χ2n) is 17.1. The predicted octanol–water partition coefficient (Wildman–Crippen LogP) is 5.49. The van der Waals surface area contributed by atoms with Crippen molar-refractivity contribution < 1.29 is 32.1 Å². The summed E-state index contributed by atoms with van der Waals surface area (Å²) < 4.78 is 63.7. The number of carbonyl (C=O) groups excluding carboxylic acids is 2. The Hall–Kier alpha value is -6.63. The lowest BCUT2D eigenvalue weighted by atomic mass is 9.86. The number of H-pyrrole nitrogens is 1. The van der Waals surface area contributed by atoms with Gasteiger partial charge < -0.3 is 54.1 Å². The second kappa shape index (κ2) is 19.4. The van der Waals surface area contributed by atoms with Crippen molar-refractivity contribution in [3.63, 3.8) is 0 Å². The number of amides is 2. The van der Waals surface area contributed by atoms with E-state index in [1.807, 2.05) is 22.6 Å². The van der Waals surface area contributed by atoms with Crippen molar-refractivity contribution in [2.75, 3.05) is 43.6 Å². The van der Waals surface area contributed by atoms with Gasteiger partial charge in [-0.2, -0.15) is 0 Å². The third-order valence-corrected chi connectivity index (χ3v) is 13.2. The first-order valence-electron chi connectivity index (χ1n) is 22.4. The minimum absolute atomic E-state index is 0.0136. The molecule has 1 aliphatic carbocycles. The molecule has 1 unspecified atom stereocenters. The molecule has 9 rings (SSSR count). The van der Waals surface area contributed by atoms with Crippen molar-refractivity contribution >= 4 is 75.5 Å². The van der Waals surface area contributed by atoms with Crippen molar-refractivity contribution in [2.45, 2.75) is 50.7 Å². The number of fused-ring (bicyclic) bond motifs is 3. The molecule has 17 nitrogen and oxygen atoms in total. The van der Waals surface area contributed by atoms with E-state index in [1.54, 1.807) is 79.0 Å². The quantitative estimate of drug-likeness (QED) is 0.0416. The van der Waals surface area contributed by atoms with E-state index in [0.717, 1.165) is 13.9 Å². The van der Waals surface area contributed by atoms with E-state index in [9.17, 15) is 24.0 Å². The molecule has 22 heteroatoms. The van der Waals surface area contributed by atoms with E-state index in [2.05, 4.69) is 20.9 Å². The summed E-state index contributed by atoms with van der Waals surface area (Å²) in [5.74, 6) is -1.30. The van der Waals surface area contributed by atoms with E-state index < -0.39 is 47.7 Å². The molecule has 3 atom stereocenters. The largest absolute Gasteiger partial charge is 0.529 e. The van der Waals surface area contributed by atoms with Gasteiger partial charge in [0.15, 0.2) is 0 Å². The van der Waals surface area contributed by atoms with E-state index in [4.69, 9.17) is 15.2 Å². The molecule has 0 spiro atoms. The monoisotopic (exact) mass is 1060 g/mol. The van der Waals surface area contributed by atoms with Crippen molar-refractivity contribution in [3.05, 3.63) is 143 Å². The SMILES string of the molecule is Cc1c(=O)n(C)c(Nc2ccc(I)cc2F)c2c(=O)n([C@H]3C[C@H]3N)c(=O)n(-c3cccc(NC(=O)CCOCCOCCNC(=O)CCC4C=CC5=Cc6ccc(-c7ccc[nH]7)n6[B-](F)(F)N54)c3)c12. The van der Waals surface area contributed by atoms with Gasteiger partial charge in [0.2, 0.25) is 11.8 Å². The molecule has 0 radical (unpaired) electrons. The molecule has 2 aliphatic heterocycles. The Bertz CT molecular complexity index is 3240. The first-order valence-corrected chi connectivity index (χ1v) is 23.5. The van der Waals surface area contributed by atoms with Crippen LogP contribution in [0.15, 0.2) is 105 Å². The number of anilines is 3. The molecule has 6 N–H and O–H groups in total. The van der Waals surface area contributed by atoms with Crippen LogP contribution in [0.4, 0.5) is 30.2 Å². The first kappa shape index (κ1) is 47.4. The average molecular weight is 1060 g/mol. The standard InChI is InChI=1S/C47H48BF3IN10O7/c1-27-43-42(44(58(2)45(27)65)57-36-13-8-28(52)23-34(36)49)46(66)60(39-26-35(39)53)47(67)59(43)31-6-3-5-29(24-31)56-41(64)16-19-68-21-22-69-20-18-55-40(63)15-12-30-9-10-32-25-33-11-14-38(37-7-4-17-54-37)62(33)48(50,51)61(30)32/h3-11,13-14,17,23-25,30,35,39,54,57H,12,15-16,18-22,26,53H2,1-2H3,(H,55,63)(H,56,64)/q-1/t30?,35-,39+/m1/s1. The number of nitrogens with two attached hydrogens (primary N) is 1. The maximum absolute atomic E-state index is 16.1. The van der Waals surface area contributed by atoms with E-state index in [0.29, 0.717) is 38.5 Å². The highest BCUT2D eigenvalue weighted by atomic mass is 127. The number of aromatic amines is 1. The van der Waals surface area contributed by atoms with Gasteiger partial charge in [-0.1, -0.05) is 12.1 Å². The van der Waals surface area contributed by atoms with Crippen molar-refractivity contribution in [1.82, 2.24) is 33.3 Å². The number of halogens is 4. The van der Waals surface area contributed by atoms with E-state index in [-0.39, 0.29) is 97.7 Å². The highest BCUT2D eigenvalue weighted by Crippen LogP contribution is 2.41. The van der Waals surface area contributed by atoms with Crippen LogP contribution < -0.4 is 38.5 Å². The Kier molecular flexibility index (Phi) is 13.3. The zero-order valence-electron chi connectivity index (χ0n) is 37.5. The number of pyridine rings is 1. The Morgan fingerprint density at radius 1 is 0.957 bits per heavy atom. The van der Waals surface area contributed by atoms with Crippen molar-refractivity contribution in [2.24, 2.45) is 12.8 Å². The van der Waals surface area contributed by atoms with Gasteiger partial charge in [0.05, 0.1) is 61.5 Å². The maximum atomic E-state index is 16.1.